The van der Waals surface area contributed by atoms with E-state index in [0.29, 0.717) is 41.8 Å². The van der Waals surface area contributed by atoms with Gasteiger partial charge in [0.2, 0.25) is 5.43 Å². The van der Waals surface area contributed by atoms with Crippen LogP contribution in [0.4, 0.5) is 0 Å². The van der Waals surface area contributed by atoms with E-state index in [2.05, 4.69) is 238 Å². The van der Waals surface area contributed by atoms with Crippen LogP contribution in [0.15, 0.2) is 235 Å². The summed E-state index contributed by atoms with van der Waals surface area (Å²) in [4.78, 5) is 26.1. The molecule has 0 amide bonds. The number of fused-ring (bicyclic) bond motifs is 16. The second kappa shape index (κ2) is 30.7. The van der Waals surface area contributed by atoms with Crippen molar-refractivity contribution >= 4 is 238 Å². The van der Waals surface area contributed by atoms with E-state index in [9.17, 15) is 4.79 Å². The molecule has 6 N–H and O–H groups in total. The molecule has 10 aromatic carbocycles. The monoisotopic (exact) mass is 2210 g/mol. The third kappa shape index (κ3) is 14.7. The Hall–Kier alpha value is -5.53. The molecule has 0 bridgehead atoms. The van der Waals surface area contributed by atoms with Crippen molar-refractivity contribution in [2.24, 2.45) is 32.2 Å². The van der Waals surface area contributed by atoms with Crippen LogP contribution < -0.4 is 41.6 Å². The molecular formula is C75H56Br5I5N6O9. The molecule has 100 heavy (non-hydrogen) atoms. The molecule has 1 unspecified atom stereocenters. The molecule has 0 radical (unpaired) electrons. The molecule has 3 atom stereocenters. The van der Waals surface area contributed by atoms with Crippen molar-refractivity contribution in [2.45, 2.75) is 38.9 Å². The number of halogens is 10. The summed E-state index contributed by atoms with van der Waals surface area (Å²) in [7, 11) is 0. The largest absolute Gasteiger partial charge is 0.462 e. The van der Waals surface area contributed by atoms with Crippen molar-refractivity contribution in [3.05, 3.63) is 284 Å². The highest BCUT2D eigenvalue weighted by Gasteiger charge is 2.50. The first-order valence-electron chi connectivity index (χ1n) is 29.1. The molecule has 7 aliphatic rings. The van der Waals surface area contributed by atoms with Crippen LogP contribution in [0.25, 0.3) is 27.5 Å². The van der Waals surface area contributed by atoms with Gasteiger partial charge in [0.25, 0.3) is 18.1 Å². The van der Waals surface area contributed by atoms with E-state index >= 15 is 0 Å². The Morgan fingerprint density at radius 3 is 1.01 bits per heavy atom. The summed E-state index contributed by atoms with van der Waals surface area (Å²) in [5.41, 5.74) is 25.8. The van der Waals surface area contributed by atoms with Crippen LogP contribution in [-0.2, 0) is 30.8 Å². The van der Waals surface area contributed by atoms with E-state index in [0.717, 1.165) is 133 Å². The number of hydrogen-bond donors (Lipinski definition) is 3. The number of ether oxygens (including phenoxy) is 7. The van der Waals surface area contributed by atoms with Crippen molar-refractivity contribution in [1.29, 1.82) is 0 Å². The second-order valence-electron chi connectivity index (χ2n) is 22.5. The molecule has 11 aromatic rings. The first-order valence-corrected chi connectivity index (χ1v) is 38.5. The maximum atomic E-state index is 12.3. The van der Waals surface area contributed by atoms with E-state index in [1.165, 1.54) is 3.57 Å². The van der Waals surface area contributed by atoms with Crippen LogP contribution in [0, 0.1) is 17.9 Å². The van der Waals surface area contributed by atoms with Gasteiger partial charge in [-0.15, -0.1) is 0 Å². The van der Waals surface area contributed by atoms with Crippen molar-refractivity contribution in [1.82, 2.24) is 0 Å². The second-order valence-corrected chi connectivity index (χ2v) is 33.3. The quantitative estimate of drug-likeness (QED) is 0.0957. The third-order valence-corrected chi connectivity index (χ3v) is 22.3. The highest BCUT2D eigenvalue weighted by atomic mass is 127. The van der Waals surface area contributed by atoms with E-state index < -0.39 is 16.6 Å². The minimum absolute atomic E-state index is 0. The van der Waals surface area contributed by atoms with Crippen LogP contribution in [0.5, 0.6) is 46.0 Å². The molecule has 25 heteroatoms. The zero-order valence-electron chi connectivity index (χ0n) is 49.7. The molecule has 18 rings (SSSR count). The lowest BCUT2D eigenvalue weighted by atomic mass is 9.81. The molecule has 1 aromatic heterocycles. The van der Waals surface area contributed by atoms with Crippen LogP contribution in [-0.4, -0.2) is 37.9 Å². The Balaban J connectivity index is 0.000000126. The lowest BCUT2D eigenvalue weighted by Gasteiger charge is -2.33. The fraction of sp³-hybridized carbons (Fsp3) is 0.120. The van der Waals surface area contributed by atoms with Gasteiger partial charge in [-0.25, -0.2) is 15.0 Å². The van der Waals surface area contributed by atoms with Gasteiger partial charge in [0.1, 0.15) is 77.0 Å². The van der Waals surface area contributed by atoms with Gasteiger partial charge in [0, 0.05) is 84.7 Å². The Morgan fingerprint density at radius 1 is 0.350 bits per heavy atom. The van der Waals surface area contributed by atoms with E-state index in [4.69, 9.17) is 54.8 Å². The molecular weight excluding hydrogens is 2160 g/mol. The smallest absolute Gasteiger partial charge is 0.283 e. The number of rotatable bonds is 0. The molecule has 0 saturated carbocycles. The van der Waals surface area contributed by atoms with Crippen molar-refractivity contribution in [3.8, 4) is 46.0 Å². The summed E-state index contributed by atoms with van der Waals surface area (Å²) in [6.07, 6.45) is 0. The first-order chi connectivity index (χ1) is 46.5. The molecule has 15 nitrogen and oxygen atoms in total. The van der Waals surface area contributed by atoms with Crippen LogP contribution in [0.3, 0.4) is 0 Å². The van der Waals surface area contributed by atoms with Gasteiger partial charge in [-0.1, -0.05) is 109 Å². The first kappa shape index (κ1) is 75.6. The van der Waals surface area contributed by atoms with E-state index in [-0.39, 0.29) is 45.8 Å². The zero-order valence-corrected chi connectivity index (χ0v) is 68.4. The minimum atomic E-state index is -0.627. The molecule has 0 aliphatic carbocycles. The fourth-order valence-electron chi connectivity index (χ4n) is 12.1. The Morgan fingerprint density at radius 2 is 0.620 bits per heavy atom. The van der Waals surface area contributed by atoms with Crippen molar-refractivity contribution < 1.29 is 37.6 Å². The van der Waals surface area contributed by atoms with Crippen molar-refractivity contribution in [3.63, 3.8) is 0 Å². The number of hydrogen-bond acceptors (Lipinski definition) is 15. The Kier molecular flexibility index (Phi) is 23.2. The lowest BCUT2D eigenvalue weighted by molar-refractivity contribution is 0.264. The third-order valence-electron chi connectivity index (χ3n) is 16.5. The molecule has 0 fully saturated rings. The number of amidine groups is 3. The van der Waals surface area contributed by atoms with Gasteiger partial charge >= 0.3 is 0 Å². The summed E-state index contributed by atoms with van der Waals surface area (Å²) in [5.74, 6) is 6.50. The van der Waals surface area contributed by atoms with Crippen LogP contribution in [0.2, 0.25) is 0 Å². The minimum Gasteiger partial charge on any atom is -0.462 e. The van der Waals surface area contributed by atoms with Gasteiger partial charge in [0.15, 0.2) is 16.6 Å². The lowest BCUT2D eigenvalue weighted by Crippen LogP contribution is -2.31. The standard InChI is InChI=1S/3C15H10BrIN2O2.C14H8BrIO.C13H6BrIO2.3CH4/c3*16-8-1-3-12-10(5-8)15(7-20-14(18)19-15)11-6-9(17)2-4-13(11)21-12;1-8-11-6-9(15)2-4-13(11)17-14-5-3-10(16)7-12(8)14;14-7-1-3-11-9(5-7)13(16)10-6-8(15)2-4-12(10)17-11;;;/h3*1-6H,7H2,(H2,18,19);2-7H,1H2;1-6H;3*1H4/t2*15-;;;;;;/m10....../s1. The topological polar surface area (TPSA) is 210 Å². The highest BCUT2D eigenvalue weighted by molar-refractivity contribution is 14.1. The summed E-state index contributed by atoms with van der Waals surface area (Å²) in [6, 6.07) is 59.7. The fourth-order valence-corrected chi connectivity index (χ4v) is 16.4. The highest BCUT2D eigenvalue weighted by Crippen LogP contribution is 2.55. The average Bonchev–Trinajstić information content (AvgIpc) is 1.35. The van der Waals surface area contributed by atoms with E-state index in [1.54, 1.807) is 12.1 Å². The number of nitrogens with two attached hydrogens (primary N) is 3. The van der Waals surface area contributed by atoms with Crippen molar-refractivity contribution in [2.75, 3.05) is 19.8 Å². The molecule has 0 saturated heterocycles. The summed E-state index contributed by atoms with van der Waals surface area (Å²) < 4.78 is 56.5. The predicted molar refractivity (Wildman–Crippen MR) is 457 cm³/mol. The number of benzene rings is 10. The van der Waals surface area contributed by atoms with Gasteiger partial charge in [-0.2, -0.15) is 0 Å². The summed E-state index contributed by atoms with van der Waals surface area (Å²) in [5, 5.41) is 1.23. The van der Waals surface area contributed by atoms with Gasteiger partial charge in [0.05, 0.1) is 10.8 Å². The van der Waals surface area contributed by atoms with Gasteiger partial charge < -0.3 is 54.8 Å². The van der Waals surface area contributed by atoms with Crippen LogP contribution >= 0.6 is 193 Å². The summed E-state index contributed by atoms with van der Waals surface area (Å²) >= 11 is 28.7. The SMILES string of the molecule is C.C.C.C=C1c2cc(Br)ccc2Oc2ccc(I)cc21.NC1=NC2(CO1)c1cc(Br)ccc1Oc1ccc(I)cc12.NC1=N[C@@]2(CO1)c1cc(Br)ccc1Oc1ccc(I)cc12.NC1=N[C@]2(CO1)c1cc(Br)ccc1Oc1ccc(I)cc12.O=c1c2cc(Br)ccc2oc2ccc(I)cc12. The molecule has 3 spiro atoms. The number of aliphatic imine (C=N–C) groups is 3. The zero-order chi connectivity index (χ0) is 67.8. The molecule has 7 aliphatic heterocycles. The van der Waals surface area contributed by atoms with Crippen LogP contribution in [0.1, 0.15) is 66.8 Å². The Labute approximate surface area is 687 Å². The van der Waals surface area contributed by atoms with Gasteiger partial charge in [-0.05, 0) is 301 Å². The maximum Gasteiger partial charge on any atom is 0.283 e. The predicted octanol–water partition coefficient (Wildman–Crippen LogP) is 22.7. The average molecular weight is 2220 g/mol. The Bertz CT molecular complexity index is 4720. The number of nitrogens with zero attached hydrogens (tertiary/aromatic N) is 3. The normalized spacial score (nSPS) is 18.0. The maximum absolute atomic E-state index is 12.3. The summed E-state index contributed by atoms with van der Waals surface area (Å²) in [6.45, 7) is 5.34. The van der Waals surface area contributed by atoms with E-state index in [1.807, 2.05) is 146 Å². The van der Waals surface area contributed by atoms with Gasteiger partial charge in [-0.3, -0.25) is 4.79 Å². The molecule has 510 valence electrons. The molecule has 8 heterocycles.